The molecule has 0 aliphatic carbocycles. The van der Waals surface area contributed by atoms with E-state index in [-0.39, 0.29) is 0 Å². The topological polar surface area (TPSA) is 0 Å². The smallest absolute Gasteiger partial charge is 0.0303 e. The molecule has 0 saturated heterocycles. The highest BCUT2D eigenvalue weighted by Gasteiger charge is 2.31. The molecule has 0 aliphatic heterocycles. The Labute approximate surface area is 84.4 Å². The molecule has 13 heavy (non-hydrogen) atoms. The first-order valence-corrected chi connectivity index (χ1v) is 5.44. The Balaban J connectivity index is 4.38. The zero-order valence-corrected chi connectivity index (χ0v) is 10.2. The minimum absolute atomic E-state index is 0.433. The van der Waals surface area contributed by atoms with E-state index in [0.29, 0.717) is 5.41 Å². The average Bonchev–Trinajstić information content (AvgIpc) is 2.03. The SMILES string of the molecule is C=CCC(C)C(C)C(C)(C)C(C)C. The highest BCUT2D eigenvalue weighted by atomic mass is 14.4. The van der Waals surface area contributed by atoms with E-state index in [9.17, 15) is 0 Å². The highest BCUT2D eigenvalue weighted by molar-refractivity contribution is 4.84. The summed E-state index contributed by atoms with van der Waals surface area (Å²) in [7, 11) is 0. The number of hydrogen-bond donors (Lipinski definition) is 0. The van der Waals surface area contributed by atoms with E-state index in [1.807, 2.05) is 6.08 Å². The fraction of sp³-hybridized carbons (Fsp3) is 0.846. The van der Waals surface area contributed by atoms with Gasteiger partial charge in [0.2, 0.25) is 0 Å². The standard InChI is InChI=1S/C13H26/c1-8-9-11(4)12(5)13(6,7)10(2)3/h8,10-12H,1,9H2,2-7H3. The van der Waals surface area contributed by atoms with Crippen molar-refractivity contribution in [3.63, 3.8) is 0 Å². The molecule has 0 saturated carbocycles. The zero-order valence-electron chi connectivity index (χ0n) is 10.2. The van der Waals surface area contributed by atoms with Crippen LogP contribution in [-0.2, 0) is 0 Å². The lowest BCUT2D eigenvalue weighted by Crippen LogP contribution is -2.31. The van der Waals surface area contributed by atoms with E-state index in [0.717, 1.165) is 24.2 Å². The lowest BCUT2D eigenvalue weighted by molar-refractivity contribution is 0.106. The molecule has 0 heteroatoms. The van der Waals surface area contributed by atoms with Crippen molar-refractivity contribution >= 4 is 0 Å². The minimum Gasteiger partial charge on any atom is -0.103 e. The van der Waals surface area contributed by atoms with Gasteiger partial charge in [-0.2, -0.15) is 0 Å². The van der Waals surface area contributed by atoms with E-state index < -0.39 is 0 Å². The van der Waals surface area contributed by atoms with Gasteiger partial charge in [0.25, 0.3) is 0 Å². The molecule has 0 amide bonds. The van der Waals surface area contributed by atoms with Crippen molar-refractivity contribution in [3.05, 3.63) is 12.7 Å². The second kappa shape index (κ2) is 4.83. The van der Waals surface area contributed by atoms with Gasteiger partial charge in [-0.25, -0.2) is 0 Å². The molecule has 0 bridgehead atoms. The Kier molecular flexibility index (Phi) is 4.74. The lowest BCUT2D eigenvalue weighted by Gasteiger charge is -2.39. The fourth-order valence-corrected chi connectivity index (χ4v) is 1.73. The minimum atomic E-state index is 0.433. The van der Waals surface area contributed by atoms with Crippen molar-refractivity contribution < 1.29 is 0 Å². The van der Waals surface area contributed by atoms with Crippen LogP contribution in [0.2, 0.25) is 0 Å². The highest BCUT2D eigenvalue weighted by Crippen LogP contribution is 2.39. The normalized spacial score (nSPS) is 17.2. The van der Waals surface area contributed by atoms with Crippen LogP contribution < -0.4 is 0 Å². The van der Waals surface area contributed by atoms with Crippen LogP contribution in [0.1, 0.15) is 48.0 Å². The van der Waals surface area contributed by atoms with Gasteiger partial charge in [0, 0.05) is 0 Å². The van der Waals surface area contributed by atoms with Crippen LogP contribution in [0.25, 0.3) is 0 Å². The molecule has 0 spiro atoms. The van der Waals surface area contributed by atoms with Gasteiger partial charge >= 0.3 is 0 Å². The summed E-state index contributed by atoms with van der Waals surface area (Å²) in [5.41, 5.74) is 0.433. The van der Waals surface area contributed by atoms with E-state index in [1.54, 1.807) is 0 Å². The third kappa shape index (κ3) is 3.17. The Morgan fingerprint density at radius 1 is 1.15 bits per heavy atom. The summed E-state index contributed by atoms with van der Waals surface area (Å²) in [4.78, 5) is 0. The van der Waals surface area contributed by atoms with E-state index in [4.69, 9.17) is 0 Å². The lowest BCUT2D eigenvalue weighted by atomic mass is 9.66. The van der Waals surface area contributed by atoms with Crippen molar-refractivity contribution in [1.29, 1.82) is 0 Å². The Hall–Kier alpha value is -0.260. The van der Waals surface area contributed by atoms with Crippen LogP contribution in [-0.4, -0.2) is 0 Å². The molecule has 0 N–H and O–H groups in total. The van der Waals surface area contributed by atoms with Crippen LogP contribution in [0.15, 0.2) is 12.7 Å². The first-order chi connectivity index (χ1) is 5.84. The maximum atomic E-state index is 3.81. The Morgan fingerprint density at radius 3 is 1.92 bits per heavy atom. The van der Waals surface area contributed by atoms with Crippen molar-refractivity contribution in [1.82, 2.24) is 0 Å². The third-order valence-electron chi connectivity index (χ3n) is 4.05. The monoisotopic (exact) mass is 182 g/mol. The maximum absolute atomic E-state index is 3.81. The van der Waals surface area contributed by atoms with Gasteiger partial charge in [0.15, 0.2) is 0 Å². The maximum Gasteiger partial charge on any atom is -0.0303 e. The van der Waals surface area contributed by atoms with Crippen LogP contribution in [0, 0.1) is 23.2 Å². The second-order valence-corrected chi connectivity index (χ2v) is 5.27. The van der Waals surface area contributed by atoms with Gasteiger partial charge in [-0.05, 0) is 29.6 Å². The molecule has 0 aromatic rings. The third-order valence-corrected chi connectivity index (χ3v) is 4.05. The molecule has 0 aromatic carbocycles. The molecule has 0 aromatic heterocycles. The fourth-order valence-electron chi connectivity index (χ4n) is 1.73. The summed E-state index contributed by atoms with van der Waals surface area (Å²) >= 11 is 0. The molecule has 2 unspecified atom stereocenters. The Bertz CT molecular complexity index is 153. The van der Waals surface area contributed by atoms with Gasteiger partial charge in [0.05, 0.1) is 0 Å². The van der Waals surface area contributed by atoms with Crippen LogP contribution in [0.3, 0.4) is 0 Å². The number of allylic oxidation sites excluding steroid dienone is 1. The first-order valence-electron chi connectivity index (χ1n) is 5.44. The summed E-state index contributed by atoms with van der Waals surface area (Å²) in [5.74, 6) is 2.25. The Morgan fingerprint density at radius 2 is 1.62 bits per heavy atom. The van der Waals surface area contributed by atoms with E-state index in [1.165, 1.54) is 0 Å². The molecule has 0 nitrogen and oxygen atoms in total. The summed E-state index contributed by atoms with van der Waals surface area (Å²) in [6.45, 7) is 17.9. The number of rotatable bonds is 5. The van der Waals surface area contributed by atoms with Gasteiger partial charge in [-0.3, -0.25) is 0 Å². The van der Waals surface area contributed by atoms with Crippen molar-refractivity contribution in [2.45, 2.75) is 48.0 Å². The predicted molar refractivity (Wildman–Crippen MR) is 61.8 cm³/mol. The molecule has 0 fully saturated rings. The second-order valence-electron chi connectivity index (χ2n) is 5.27. The molecule has 2 atom stereocenters. The van der Waals surface area contributed by atoms with E-state index >= 15 is 0 Å². The molecule has 78 valence electrons. The molecule has 0 radical (unpaired) electrons. The van der Waals surface area contributed by atoms with Gasteiger partial charge < -0.3 is 0 Å². The largest absolute Gasteiger partial charge is 0.103 e. The summed E-state index contributed by atoms with van der Waals surface area (Å²) in [5, 5.41) is 0. The van der Waals surface area contributed by atoms with Crippen LogP contribution in [0.5, 0.6) is 0 Å². The molecule has 0 aliphatic rings. The average molecular weight is 182 g/mol. The van der Waals surface area contributed by atoms with Crippen molar-refractivity contribution in [2.24, 2.45) is 23.2 Å². The molecule has 0 rings (SSSR count). The van der Waals surface area contributed by atoms with Crippen LogP contribution in [0.4, 0.5) is 0 Å². The quantitative estimate of drug-likeness (QED) is 0.548. The van der Waals surface area contributed by atoms with E-state index in [2.05, 4.69) is 48.1 Å². The first kappa shape index (κ1) is 12.7. The van der Waals surface area contributed by atoms with Gasteiger partial charge in [0.1, 0.15) is 0 Å². The van der Waals surface area contributed by atoms with Crippen molar-refractivity contribution in [2.75, 3.05) is 0 Å². The zero-order chi connectivity index (χ0) is 10.6. The summed E-state index contributed by atoms with van der Waals surface area (Å²) in [6.07, 6.45) is 3.18. The molecular formula is C13H26. The summed E-state index contributed by atoms with van der Waals surface area (Å²) < 4.78 is 0. The predicted octanol–water partition coefficient (Wildman–Crippen LogP) is 4.52. The number of hydrogen-bond acceptors (Lipinski definition) is 0. The van der Waals surface area contributed by atoms with Crippen molar-refractivity contribution in [3.8, 4) is 0 Å². The molecular weight excluding hydrogens is 156 g/mol. The summed E-state index contributed by atoms with van der Waals surface area (Å²) in [6, 6.07) is 0. The van der Waals surface area contributed by atoms with Crippen LogP contribution >= 0.6 is 0 Å². The van der Waals surface area contributed by atoms with Gasteiger partial charge in [-0.15, -0.1) is 6.58 Å². The van der Waals surface area contributed by atoms with Gasteiger partial charge in [-0.1, -0.05) is 47.6 Å². The molecule has 0 heterocycles.